The van der Waals surface area contributed by atoms with Crippen LogP contribution in [0.3, 0.4) is 0 Å². The number of likely N-dealkylation sites (N-methyl/N-ethyl adjacent to an activating group) is 1. The van der Waals surface area contributed by atoms with Gasteiger partial charge in [-0.25, -0.2) is 4.57 Å². The molecule has 0 spiro atoms. The topological polar surface area (TPSA) is 91.3 Å². The highest BCUT2D eigenvalue weighted by molar-refractivity contribution is 7.47. The molecule has 0 radical (unpaired) electrons. The summed E-state index contributed by atoms with van der Waals surface area (Å²) in [5.74, 6) is -0.311. The van der Waals surface area contributed by atoms with Gasteiger partial charge in [-0.05, 0) is 38.5 Å². The first kappa shape index (κ1) is 54.2. The lowest BCUT2D eigenvalue weighted by atomic mass is 10.0. The van der Waals surface area contributed by atoms with E-state index >= 15 is 0 Å². The molecule has 0 bridgehead atoms. The minimum Gasteiger partial charge on any atom is -0.457 e. The van der Waals surface area contributed by atoms with Gasteiger partial charge in [0.15, 0.2) is 0 Å². The number of hydrogen-bond donors (Lipinski definition) is 1. The van der Waals surface area contributed by atoms with Gasteiger partial charge in [0.2, 0.25) is 0 Å². The first-order chi connectivity index (χ1) is 26.6. The van der Waals surface area contributed by atoms with Gasteiger partial charge in [0.25, 0.3) is 0 Å². The van der Waals surface area contributed by atoms with Gasteiger partial charge in [-0.1, -0.05) is 187 Å². The molecule has 9 heteroatoms. The van der Waals surface area contributed by atoms with Crippen molar-refractivity contribution < 1.29 is 37.3 Å². The number of phosphoric ester groups is 1. The van der Waals surface area contributed by atoms with Gasteiger partial charge in [0.1, 0.15) is 19.3 Å². The summed E-state index contributed by atoms with van der Waals surface area (Å²) >= 11 is 0. The van der Waals surface area contributed by atoms with Crippen molar-refractivity contribution in [2.75, 3.05) is 54.1 Å². The second-order valence-electron chi connectivity index (χ2n) is 17.1. The molecule has 8 nitrogen and oxygen atoms in total. The number of carbonyl (C=O) groups is 1. The molecule has 0 aliphatic rings. The summed E-state index contributed by atoms with van der Waals surface area (Å²) in [5, 5.41) is 0. The van der Waals surface area contributed by atoms with E-state index in [4.69, 9.17) is 18.5 Å². The van der Waals surface area contributed by atoms with Crippen LogP contribution in [0.4, 0.5) is 0 Å². The number of esters is 1. The first-order valence-electron chi connectivity index (χ1n) is 23.4. The van der Waals surface area contributed by atoms with Crippen LogP contribution in [-0.2, 0) is 27.9 Å². The van der Waals surface area contributed by atoms with Crippen molar-refractivity contribution in [3.8, 4) is 0 Å². The largest absolute Gasteiger partial charge is 0.472 e. The number of nitrogens with zero attached hydrogens (tertiary/aromatic N) is 1. The molecule has 0 fully saturated rings. The van der Waals surface area contributed by atoms with Crippen molar-refractivity contribution in [1.29, 1.82) is 0 Å². The maximum Gasteiger partial charge on any atom is 0.472 e. The van der Waals surface area contributed by atoms with Crippen LogP contribution >= 0.6 is 7.82 Å². The van der Waals surface area contributed by atoms with E-state index in [9.17, 15) is 14.3 Å². The predicted molar refractivity (Wildman–Crippen MR) is 234 cm³/mol. The molecule has 1 N–H and O–H groups in total. The van der Waals surface area contributed by atoms with Crippen LogP contribution in [0.5, 0.6) is 0 Å². The smallest absolute Gasteiger partial charge is 0.457 e. The van der Waals surface area contributed by atoms with Crippen LogP contribution in [0.25, 0.3) is 0 Å². The van der Waals surface area contributed by atoms with E-state index in [0.29, 0.717) is 24.1 Å². The summed E-state index contributed by atoms with van der Waals surface area (Å²) < 4.78 is 35.0. The molecule has 0 aromatic heterocycles. The molecule has 2 atom stereocenters. The fourth-order valence-corrected chi connectivity index (χ4v) is 7.41. The molecule has 2 unspecified atom stereocenters. The van der Waals surface area contributed by atoms with Crippen LogP contribution in [0, 0.1) is 0 Å². The van der Waals surface area contributed by atoms with Gasteiger partial charge in [-0.2, -0.15) is 0 Å². The fraction of sp³-hybridized carbons (Fsp3) is 0.935. The number of unbranched alkanes of at least 4 members (excludes halogenated alkanes) is 28. The Balaban J connectivity index is 4.05. The van der Waals surface area contributed by atoms with Crippen LogP contribution in [-0.4, -0.2) is 75.6 Å². The molecule has 0 aliphatic carbocycles. The van der Waals surface area contributed by atoms with Crippen molar-refractivity contribution in [2.24, 2.45) is 0 Å². The Bertz CT molecular complexity index is 894. The van der Waals surface area contributed by atoms with Gasteiger partial charge in [0.05, 0.1) is 34.4 Å². The van der Waals surface area contributed by atoms with Crippen LogP contribution in [0.2, 0.25) is 0 Å². The van der Waals surface area contributed by atoms with E-state index in [1.807, 2.05) is 21.1 Å². The Morgan fingerprint density at radius 1 is 0.545 bits per heavy atom. The minimum absolute atomic E-state index is 0.0918. The predicted octanol–water partition coefficient (Wildman–Crippen LogP) is 13.8. The Morgan fingerprint density at radius 3 is 1.38 bits per heavy atom. The number of hydrogen-bond acceptors (Lipinski definition) is 6. The number of phosphoric acid groups is 1. The van der Waals surface area contributed by atoms with Gasteiger partial charge in [-0.15, -0.1) is 0 Å². The van der Waals surface area contributed by atoms with Crippen molar-refractivity contribution in [2.45, 2.75) is 225 Å². The summed E-state index contributed by atoms with van der Waals surface area (Å²) in [4.78, 5) is 22.9. The second kappa shape index (κ2) is 40.0. The average molecular weight is 803 g/mol. The summed E-state index contributed by atoms with van der Waals surface area (Å²) in [7, 11) is 1.68. The third-order valence-corrected chi connectivity index (χ3v) is 11.3. The van der Waals surface area contributed by atoms with Gasteiger partial charge in [-0.3, -0.25) is 13.8 Å². The molecule has 328 valence electrons. The standard InChI is InChI=1S/C46H92NO7P/c1-6-8-10-12-14-16-18-19-20-21-22-23-24-25-26-27-28-29-30-31-33-35-37-39-46(48)54-45(44-53-55(49,50)52-42-40-47(3,4)5)43-51-41-38-36-34-32-17-15-13-11-9-7-2/h21-22,45H,6-20,23-44H2,1-5H3/p+1/b22-21-. The fourth-order valence-electron chi connectivity index (χ4n) is 6.67. The normalized spacial score (nSPS) is 13.8. The Morgan fingerprint density at radius 2 is 0.945 bits per heavy atom. The van der Waals surface area contributed by atoms with E-state index in [1.54, 1.807) is 0 Å². The lowest BCUT2D eigenvalue weighted by Gasteiger charge is -2.24. The zero-order valence-corrected chi connectivity index (χ0v) is 38.1. The highest BCUT2D eigenvalue weighted by atomic mass is 31.2. The molecular formula is C46H93NO7P+. The van der Waals surface area contributed by atoms with Crippen molar-refractivity contribution in [3.05, 3.63) is 12.2 Å². The van der Waals surface area contributed by atoms with Crippen LogP contribution < -0.4 is 0 Å². The third kappa shape index (κ3) is 44.2. The SMILES string of the molecule is CCCCCCCCCC/C=C\CCCCCCCCCCCCCC(=O)OC(COCCCCCCCCCCCC)COP(=O)(O)OCC[N+](C)(C)C. The zero-order chi connectivity index (χ0) is 40.6. The molecular weight excluding hydrogens is 709 g/mol. The van der Waals surface area contributed by atoms with E-state index < -0.39 is 13.9 Å². The summed E-state index contributed by atoms with van der Waals surface area (Å²) in [5.41, 5.74) is 0. The molecule has 0 saturated carbocycles. The Labute approximate surface area is 341 Å². The first-order valence-corrected chi connectivity index (χ1v) is 24.9. The lowest BCUT2D eigenvalue weighted by Crippen LogP contribution is -2.37. The highest BCUT2D eigenvalue weighted by Gasteiger charge is 2.26. The number of rotatable bonds is 44. The van der Waals surface area contributed by atoms with Gasteiger partial charge in [0, 0.05) is 13.0 Å². The molecule has 0 aromatic carbocycles. The minimum atomic E-state index is -4.27. The maximum atomic E-state index is 12.7. The van der Waals surface area contributed by atoms with Crippen LogP contribution in [0.1, 0.15) is 219 Å². The number of quaternary nitrogens is 1. The van der Waals surface area contributed by atoms with Crippen molar-refractivity contribution in [1.82, 2.24) is 0 Å². The Hall–Kier alpha value is -0.760. The van der Waals surface area contributed by atoms with E-state index in [2.05, 4.69) is 26.0 Å². The van der Waals surface area contributed by atoms with Crippen molar-refractivity contribution >= 4 is 13.8 Å². The van der Waals surface area contributed by atoms with Crippen LogP contribution in [0.15, 0.2) is 12.2 Å². The number of allylic oxidation sites excluding steroid dienone is 2. The highest BCUT2D eigenvalue weighted by Crippen LogP contribution is 2.43. The average Bonchev–Trinajstić information content (AvgIpc) is 3.13. The number of ether oxygens (including phenoxy) is 2. The van der Waals surface area contributed by atoms with E-state index in [-0.39, 0.29) is 25.8 Å². The molecule has 0 saturated heterocycles. The van der Waals surface area contributed by atoms with E-state index in [0.717, 1.165) is 32.1 Å². The molecule has 0 amide bonds. The summed E-state index contributed by atoms with van der Waals surface area (Å²) in [6.45, 7) is 5.65. The number of carbonyl (C=O) groups excluding carboxylic acids is 1. The van der Waals surface area contributed by atoms with E-state index in [1.165, 1.54) is 167 Å². The third-order valence-electron chi connectivity index (χ3n) is 10.3. The lowest BCUT2D eigenvalue weighted by molar-refractivity contribution is -0.870. The molecule has 0 heterocycles. The second-order valence-corrected chi connectivity index (χ2v) is 18.6. The molecule has 0 aliphatic heterocycles. The molecule has 0 aromatic rings. The quantitative estimate of drug-likeness (QED) is 0.0216. The van der Waals surface area contributed by atoms with Gasteiger partial charge < -0.3 is 18.9 Å². The van der Waals surface area contributed by atoms with Gasteiger partial charge >= 0.3 is 13.8 Å². The monoisotopic (exact) mass is 803 g/mol. The maximum absolute atomic E-state index is 12.7. The van der Waals surface area contributed by atoms with Crippen molar-refractivity contribution in [3.63, 3.8) is 0 Å². The molecule has 0 rings (SSSR count). The summed E-state index contributed by atoms with van der Waals surface area (Å²) in [6, 6.07) is 0. The zero-order valence-electron chi connectivity index (χ0n) is 37.2. The summed E-state index contributed by atoms with van der Waals surface area (Å²) in [6.07, 6.45) is 43.9. The Kier molecular flexibility index (Phi) is 39.5. The molecule has 55 heavy (non-hydrogen) atoms.